The summed E-state index contributed by atoms with van der Waals surface area (Å²) in [5.41, 5.74) is -1.31. The molecule has 0 radical (unpaired) electrons. The second kappa shape index (κ2) is 8.62. The van der Waals surface area contributed by atoms with E-state index in [2.05, 4.69) is 0 Å². The van der Waals surface area contributed by atoms with Crippen molar-refractivity contribution in [2.24, 2.45) is 0 Å². The summed E-state index contributed by atoms with van der Waals surface area (Å²) in [5, 5.41) is 28.5. The van der Waals surface area contributed by atoms with Crippen LogP contribution in [0.3, 0.4) is 0 Å². The van der Waals surface area contributed by atoms with Crippen LogP contribution in [0.1, 0.15) is 18.4 Å². The van der Waals surface area contributed by atoms with Crippen LogP contribution in [-0.2, 0) is 16.0 Å². The molecule has 0 saturated carbocycles. The molecule has 0 saturated heterocycles. The van der Waals surface area contributed by atoms with Gasteiger partial charge >= 0.3 is 11.9 Å². The largest absolute Gasteiger partial charge is 0.481 e. The van der Waals surface area contributed by atoms with Crippen molar-refractivity contribution in [3.8, 4) is 0 Å². The van der Waals surface area contributed by atoms with Gasteiger partial charge in [-0.2, -0.15) is 11.8 Å². The fourth-order valence-corrected chi connectivity index (χ4v) is 3.33. The van der Waals surface area contributed by atoms with Crippen molar-refractivity contribution < 1.29 is 24.9 Å². The second-order valence-electron chi connectivity index (χ2n) is 4.80. The number of aryl methyl sites for hydroxylation is 1. The normalized spacial score (nSPS) is 13.6. The summed E-state index contributed by atoms with van der Waals surface area (Å²) < 4.78 is 0. The smallest absolute Gasteiger partial charge is 0.337 e. The Labute approximate surface area is 142 Å². The van der Waals surface area contributed by atoms with Gasteiger partial charge in [-0.15, -0.1) is 0 Å². The summed E-state index contributed by atoms with van der Waals surface area (Å²) in [6, 6.07) is 5.22. The maximum Gasteiger partial charge on any atom is 0.337 e. The fraction of sp³-hybridized carbons (Fsp3) is 0.429. The van der Waals surface area contributed by atoms with Gasteiger partial charge in [0.25, 0.3) is 0 Å². The Bertz CT molecular complexity index is 552. The minimum atomic E-state index is -2.24. The molecule has 3 N–H and O–H groups in total. The highest BCUT2D eigenvalue weighted by molar-refractivity contribution is 7.99. The van der Waals surface area contributed by atoms with Crippen molar-refractivity contribution in [1.82, 2.24) is 0 Å². The minimum absolute atomic E-state index is 0.178. The van der Waals surface area contributed by atoms with Crippen LogP contribution >= 0.6 is 35.0 Å². The Kier molecular flexibility index (Phi) is 7.48. The van der Waals surface area contributed by atoms with Crippen LogP contribution < -0.4 is 0 Å². The number of benzene rings is 1. The first-order valence-corrected chi connectivity index (χ1v) is 8.35. The SMILES string of the molecule is O=C(O)C[C@](O)(CSCCCc1ccc(Cl)cc1Cl)C(=O)O. The molecule has 0 unspecified atom stereocenters. The first-order chi connectivity index (χ1) is 10.2. The lowest BCUT2D eigenvalue weighted by molar-refractivity contribution is -0.162. The van der Waals surface area contributed by atoms with Gasteiger partial charge in [0, 0.05) is 15.8 Å². The third kappa shape index (κ3) is 6.04. The third-order valence-corrected chi connectivity index (χ3v) is 4.78. The van der Waals surface area contributed by atoms with Gasteiger partial charge < -0.3 is 15.3 Å². The lowest BCUT2D eigenvalue weighted by Gasteiger charge is -2.20. The molecule has 0 amide bonds. The third-order valence-electron chi connectivity index (χ3n) is 2.93. The van der Waals surface area contributed by atoms with Crippen molar-refractivity contribution in [3.63, 3.8) is 0 Å². The minimum Gasteiger partial charge on any atom is -0.481 e. The number of carbonyl (C=O) groups is 2. The highest BCUT2D eigenvalue weighted by atomic mass is 35.5. The van der Waals surface area contributed by atoms with Gasteiger partial charge in [0.15, 0.2) is 5.60 Å². The summed E-state index contributed by atoms with van der Waals surface area (Å²) in [6.45, 7) is 0. The van der Waals surface area contributed by atoms with E-state index in [0.717, 1.165) is 12.0 Å². The van der Waals surface area contributed by atoms with Crippen LogP contribution in [0, 0.1) is 0 Å². The number of thioether (sulfide) groups is 1. The molecular formula is C14H16Cl2O5S. The van der Waals surface area contributed by atoms with Gasteiger partial charge in [0.1, 0.15) is 0 Å². The zero-order valence-corrected chi connectivity index (χ0v) is 13.9. The van der Waals surface area contributed by atoms with E-state index in [4.69, 9.17) is 33.4 Å². The van der Waals surface area contributed by atoms with Crippen molar-refractivity contribution in [1.29, 1.82) is 0 Å². The Hall–Kier alpha value is -0.950. The molecule has 1 rings (SSSR count). The monoisotopic (exact) mass is 366 g/mol. The number of carboxylic acid groups (broad SMARTS) is 2. The number of aliphatic carboxylic acids is 2. The zero-order valence-electron chi connectivity index (χ0n) is 11.6. The number of rotatable bonds is 9. The molecule has 0 fully saturated rings. The van der Waals surface area contributed by atoms with Gasteiger partial charge in [-0.25, -0.2) is 4.79 Å². The van der Waals surface area contributed by atoms with Gasteiger partial charge in [-0.3, -0.25) is 4.79 Å². The molecule has 0 aliphatic heterocycles. The molecule has 1 atom stereocenters. The molecule has 1 aromatic rings. The Balaban J connectivity index is 2.40. The maximum absolute atomic E-state index is 11.0. The molecule has 1 aromatic carbocycles. The average Bonchev–Trinajstić information content (AvgIpc) is 2.39. The lowest BCUT2D eigenvalue weighted by Crippen LogP contribution is -2.43. The summed E-state index contributed by atoms with van der Waals surface area (Å²) in [4.78, 5) is 21.6. The van der Waals surface area contributed by atoms with E-state index < -0.39 is 24.0 Å². The van der Waals surface area contributed by atoms with E-state index in [1.54, 1.807) is 12.1 Å². The summed E-state index contributed by atoms with van der Waals surface area (Å²) in [5.74, 6) is -2.47. The van der Waals surface area contributed by atoms with Crippen LogP contribution in [0.2, 0.25) is 10.0 Å². The molecule has 0 bridgehead atoms. The van der Waals surface area contributed by atoms with E-state index in [1.807, 2.05) is 6.07 Å². The summed E-state index contributed by atoms with van der Waals surface area (Å²) >= 11 is 13.0. The van der Waals surface area contributed by atoms with Gasteiger partial charge in [0.05, 0.1) is 6.42 Å². The first kappa shape index (κ1) is 19.1. The molecule has 0 spiro atoms. The quantitative estimate of drug-likeness (QED) is 0.581. The van der Waals surface area contributed by atoms with Gasteiger partial charge in [-0.05, 0) is 36.3 Å². The number of aliphatic hydroxyl groups is 1. The predicted octanol–water partition coefficient (Wildman–Crippen LogP) is 2.95. The molecule has 22 heavy (non-hydrogen) atoms. The van der Waals surface area contributed by atoms with Crippen molar-refractivity contribution >= 4 is 46.9 Å². The zero-order chi connectivity index (χ0) is 16.8. The van der Waals surface area contributed by atoms with Gasteiger partial charge in [0.2, 0.25) is 0 Å². The van der Waals surface area contributed by atoms with Crippen molar-refractivity contribution in [2.45, 2.75) is 24.9 Å². The fourth-order valence-electron chi connectivity index (χ4n) is 1.77. The van der Waals surface area contributed by atoms with Crippen molar-refractivity contribution in [2.75, 3.05) is 11.5 Å². The maximum atomic E-state index is 11.0. The summed E-state index contributed by atoms with van der Waals surface area (Å²) in [7, 11) is 0. The van der Waals surface area contributed by atoms with Crippen LogP contribution in [0.25, 0.3) is 0 Å². The standard InChI is InChI=1S/C14H16Cl2O5S/c15-10-4-3-9(11(16)6-10)2-1-5-22-8-14(21,13(19)20)7-12(17)18/h3-4,6,21H,1-2,5,7-8H2,(H,17,18)(H,19,20)/t14-/m0/s1. The Morgan fingerprint density at radius 3 is 2.45 bits per heavy atom. The van der Waals surface area contributed by atoms with Crippen LogP contribution in [0.15, 0.2) is 18.2 Å². The summed E-state index contributed by atoms with van der Waals surface area (Å²) in [6.07, 6.45) is 0.584. The number of hydrogen-bond donors (Lipinski definition) is 3. The van der Waals surface area contributed by atoms with E-state index in [0.29, 0.717) is 22.2 Å². The van der Waals surface area contributed by atoms with E-state index in [9.17, 15) is 14.7 Å². The highest BCUT2D eigenvalue weighted by Crippen LogP contribution is 2.23. The highest BCUT2D eigenvalue weighted by Gasteiger charge is 2.38. The molecule has 0 heterocycles. The molecule has 8 heteroatoms. The van der Waals surface area contributed by atoms with E-state index in [-0.39, 0.29) is 5.75 Å². The van der Waals surface area contributed by atoms with Crippen LogP contribution in [-0.4, -0.2) is 44.4 Å². The number of carboxylic acids is 2. The predicted molar refractivity (Wildman–Crippen MR) is 86.9 cm³/mol. The Morgan fingerprint density at radius 1 is 1.23 bits per heavy atom. The molecule has 0 aromatic heterocycles. The molecule has 0 aliphatic rings. The Morgan fingerprint density at radius 2 is 1.91 bits per heavy atom. The van der Waals surface area contributed by atoms with Crippen LogP contribution in [0.5, 0.6) is 0 Å². The van der Waals surface area contributed by atoms with E-state index >= 15 is 0 Å². The molecular weight excluding hydrogens is 351 g/mol. The lowest BCUT2D eigenvalue weighted by atomic mass is 10.0. The number of halogens is 2. The van der Waals surface area contributed by atoms with Crippen molar-refractivity contribution in [3.05, 3.63) is 33.8 Å². The number of hydrogen-bond acceptors (Lipinski definition) is 4. The average molecular weight is 367 g/mol. The molecule has 5 nitrogen and oxygen atoms in total. The van der Waals surface area contributed by atoms with E-state index in [1.165, 1.54) is 11.8 Å². The second-order valence-corrected chi connectivity index (χ2v) is 6.75. The molecule has 122 valence electrons. The van der Waals surface area contributed by atoms with Crippen LogP contribution in [0.4, 0.5) is 0 Å². The first-order valence-electron chi connectivity index (χ1n) is 6.44. The molecule has 0 aliphatic carbocycles. The topological polar surface area (TPSA) is 94.8 Å². The van der Waals surface area contributed by atoms with Gasteiger partial charge in [-0.1, -0.05) is 29.3 Å².